The molecule has 0 aliphatic carbocycles. The molecule has 1 fully saturated rings. The maximum atomic E-state index is 6.13. The molecular formula is C15H18ClN3S. The van der Waals surface area contributed by atoms with Gasteiger partial charge in [0.25, 0.3) is 0 Å². The molecule has 0 saturated carbocycles. The molecule has 2 aromatic rings. The number of aromatic nitrogens is 1. The van der Waals surface area contributed by atoms with E-state index in [2.05, 4.69) is 32.7 Å². The monoisotopic (exact) mass is 307 g/mol. The third kappa shape index (κ3) is 3.20. The number of nitrogens with one attached hydrogen (secondary N) is 1. The number of benzene rings is 1. The van der Waals surface area contributed by atoms with E-state index in [0.717, 1.165) is 36.9 Å². The maximum Gasteiger partial charge on any atom is 0.107 e. The Kier molecular flexibility index (Phi) is 4.36. The van der Waals surface area contributed by atoms with Crippen molar-refractivity contribution < 1.29 is 0 Å². The van der Waals surface area contributed by atoms with E-state index in [1.807, 2.05) is 19.1 Å². The van der Waals surface area contributed by atoms with Crippen LogP contribution in [-0.2, 0) is 6.54 Å². The second kappa shape index (κ2) is 6.22. The molecule has 1 aliphatic heterocycles. The van der Waals surface area contributed by atoms with Crippen molar-refractivity contribution >= 4 is 22.9 Å². The van der Waals surface area contributed by atoms with Crippen LogP contribution in [0, 0.1) is 6.92 Å². The van der Waals surface area contributed by atoms with Crippen LogP contribution in [0.15, 0.2) is 29.6 Å². The van der Waals surface area contributed by atoms with Crippen molar-refractivity contribution in [1.29, 1.82) is 0 Å². The molecule has 1 aliphatic rings. The van der Waals surface area contributed by atoms with Gasteiger partial charge in [0.1, 0.15) is 5.01 Å². The third-order valence-electron chi connectivity index (χ3n) is 3.59. The zero-order chi connectivity index (χ0) is 13.9. The fourth-order valence-corrected chi connectivity index (χ4v) is 3.62. The molecule has 1 unspecified atom stereocenters. The van der Waals surface area contributed by atoms with Crippen molar-refractivity contribution in [2.45, 2.75) is 19.5 Å². The molecule has 1 aromatic carbocycles. The Morgan fingerprint density at radius 3 is 3.15 bits per heavy atom. The molecule has 1 saturated heterocycles. The van der Waals surface area contributed by atoms with Crippen molar-refractivity contribution in [2.24, 2.45) is 0 Å². The Morgan fingerprint density at radius 1 is 1.50 bits per heavy atom. The van der Waals surface area contributed by atoms with Gasteiger partial charge in [-0.25, -0.2) is 4.98 Å². The van der Waals surface area contributed by atoms with Gasteiger partial charge in [-0.1, -0.05) is 23.7 Å². The van der Waals surface area contributed by atoms with Gasteiger partial charge in [0, 0.05) is 41.8 Å². The average molecular weight is 308 g/mol. The average Bonchev–Trinajstić information content (AvgIpc) is 2.85. The summed E-state index contributed by atoms with van der Waals surface area (Å²) >= 11 is 7.87. The lowest BCUT2D eigenvalue weighted by Gasteiger charge is -2.36. The van der Waals surface area contributed by atoms with Crippen LogP contribution in [0.25, 0.3) is 0 Å². The minimum absolute atomic E-state index is 0.367. The lowest BCUT2D eigenvalue weighted by Crippen LogP contribution is -2.45. The summed E-state index contributed by atoms with van der Waals surface area (Å²) in [6, 6.07) is 8.54. The van der Waals surface area contributed by atoms with E-state index < -0.39 is 0 Å². The Morgan fingerprint density at radius 2 is 2.40 bits per heavy atom. The molecule has 0 spiro atoms. The molecule has 1 aromatic heterocycles. The molecule has 2 heterocycles. The number of thiazole rings is 1. The second-order valence-electron chi connectivity index (χ2n) is 5.13. The van der Waals surface area contributed by atoms with Crippen molar-refractivity contribution in [3.05, 3.63) is 50.9 Å². The zero-order valence-corrected chi connectivity index (χ0v) is 13.0. The second-order valence-corrected chi connectivity index (χ2v) is 6.51. The lowest BCUT2D eigenvalue weighted by molar-refractivity contribution is 0.153. The standard InChI is InChI=1S/C15H18ClN3S/c1-11-10-20-15(18-11)9-19-6-5-17-8-14(19)12-3-2-4-13(16)7-12/h2-4,7,10,14,17H,5-6,8-9H2,1H3. The number of rotatable bonds is 3. The van der Waals surface area contributed by atoms with Crippen LogP contribution in [-0.4, -0.2) is 29.5 Å². The summed E-state index contributed by atoms with van der Waals surface area (Å²) < 4.78 is 0. The van der Waals surface area contributed by atoms with Crippen LogP contribution >= 0.6 is 22.9 Å². The smallest absolute Gasteiger partial charge is 0.107 e. The number of aryl methyl sites for hydroxylation is 1. The Bertz CT molecular complexity index is 584. The van der Waals surface area contributed by atoms with E-state index in [4.69, 9.17) is 11.6 Å². The SMILES string of the molecule is Cc1csc(CN2CCNCC2c2cccc(Cl)c2)n1. The van der Waals surface area contributed by atoms with E-state index in [9.17, 15) is 0 Å². The van der Waals surface area contributed by atoms with Gasteiger partial charge in [0.2, 0.25) is 0 Å². The first kappa shape index (κ1) is 14.0. The number of hydrogen-bond donors (Lipinski definition) is 1. The minimum atomic E-state index is 0.367. The highest BCUT2D eigenvalue weighted by Crippen LogP contribution is 2.26. The predicted octanol–water partition coefficient (Wildman–Crippen LogP) is 3.25. The Balaban J connectivity index is 1.80. The van der Waals surface area contributed by atoms with Crippen LogP contribution in [0.2, 0.25) is 5.02 Å². The highest BCUT2D eigenvalue weighted by Gasteiger charge is 2.24. The molecule has 0 bridgehead atoms. The normalized spacial score (nSPS) is 20.2. The highest BCUT2D eigenvalue weighted by atomic mass is 35.5. The maximum absolute atomic E-state index is 6.13. The van der Waals surface area contributed by atoms with Gasteiger partial charge in [-0.3, -0.25) is 4.90 Å². The van der Waals surface area contributed by atoms with Crippen LogP contribution in [0.4, 0.5) is 0 Å². The first-order chi connectivity index (χ1) is 9.72. The summed E-state index contributed by atoms with van der Waals surface area (Å²) in [6.07, 6.45) is 0. The van der Waals surface area contributed by atoms with Gasteiger partial charge in [-0.05, 0) is 24.6 Å². The van der Waals surface area contributed by atoms with Crippen LogP contribution < -0.4 is 5.32 Å². The van der Waals surface area contributed by atoms with Crippen molar-refractivity contribution in [3.8, 4) is 0 Å². The van der Waals surface area contributed by atoms with E-state index in [1.54, 1.807) is 11.3 Å². The molecule has 3 nitrogen and oxygen atoms in total. The zero-order valence-electron chi connectivity index (χ0n) is 11.5. The van der Waals surface area contributed by atoms with E-state index >= 15 is 0 Å². The fraction of sp³-hybridized carbons (Fsp3) is 0.400. The summed E-state index contributed by atoms with van der Waals surface area (Å²) in [5.74, 6) is 0. The van der Waals surface area contributed by atoms with Gasteiger partial charge in [-0.15, -0.1) is 11.3 Å². The quantitative estimate of drug-likeness (QED) is 0.943. The van der Waals surface area contributed by atoms with Crippen LogP contribution in [0.3, 0.4) is 0 Å². The Hall–Kier alpha value is -0.940. The summed E-state index contributed by atoms with van der Waals surface area (Å²) in [5.41, 5.74) is 2.39. The third-order valence-corrected chi connectivity index (χ3v) is 4.78. The summed E-state index contributed by atoms with van der Waals surface area (Å²) in [7, 11) is 0. The van der Waals surface area contributed by atoms with Crippen LogP contribution in [0.5, 0.6) is 0 Å². The topological polar surface area (TPSA) is 28.2 Å². The van der Waals surface area contributed by atoms with Gasteiger partial charge in [-0.2, -0.15) is 0 Å². The number of halogens is 1. The molecule has 0 amide bonds. The van der Waals surface area contributed by atoms with Gasteiger partial charge >= 0.3 is 0 Å². The summed E-state index contributed by atoms with van der Waals surface area (Å²) in [5, 5.41) is 7.58. The van der Waals surface area contributed by atoms with Gasteiger partial charge in [0.05, 0.1) is 6.54 Å². The number of hydrogen-bond acceptors (Lipinski definition) is 4. The van der Waals surface area contributed by atoms with Gasteiger partial charge in [0.15, 0.2) is 0 Å². The minimum Gasteiger partial charge on any atom is -0.314 e. The predicted molar refractivity (Wildman–Crippen MR) is 84.3 cm³/mol. The molecule has 20 heavy (non-hydrogen) atoms. The van der Waals surface area contributed by atoms with Crippen molar-refractivity contribution in [1.82, 2.24) is 15.2 Å². The van der Waals surface area contributed by atoms with E-state index in [1.165, 1.54) is 10.6 Å². The highest BCUT2D eigenvalue weighted by molar-refractivity contribution is 7.09. The number of nitrogens with zero attached hydrogens (tertiary/aromatic N) is 2. The van der Waals surface area contributed by atoms with Crippen molar-refractivity contribution in [3.63, 3.8) is 0 Å². The summed E-state index contributed by atoms with van der Waals surface area (Å²) in [4.78, 5) is 7.07. The molecule has 0 radical (unpaired) electrons. The largest absolute Gasteiger partial charge is 0.314 e. The molecule has 3 rings (SSSR count). The molecule has 106 valence electrons. The Labute approximate surface area is 128 Å². The first-order valence-electron chi connectivity index (χ1n) is 6.83. The van der Waals surface area contributed by atoms with E-state index in [0.29, 0.717) is 6.04 Å². The number of piperazine rings is 1. The van der Waals surface area contributed by atoms with Crippen LogP contribution in [0.1, 0.15) is 22.3 Å². The first-order valence-corrected chi connectivity index (χ1v) is 8.09. The molecule has 1 atom stereocenters. The lowest BCUT2D eigenvalue weighted by atomic mass is 10.0. The van der Waals surface area contributed by atoms with Crippen molar-refractivity contribution in [2.75, 3.05) is 19.6 Å². The van der Waals surface area contributed by atoms with E-state index in [-0.39, 0.29) is 0 Å². The molecule has 1 N–H and O–H groups in total. The summed E-state index contributed by atoms with van der Waals surface area (Å²) in [6.45, 7) is 5.99. The fourth-order valence-electron chi connectivity index (χ4n) is 2.63. The van der Waals surface area contributed by atoms with Gasteiger partial charge < -0.3 is 5.32 Å². The molecule has 5 heteroatoms. The molecular weight excluding hydrogens is 290 g/mol.